The van der Waals surface area contributed by atoms with Crippen LogP contribution >= 0.6 is 0 Å². The smallest absolute Gasteiger partial charge is 0.325 e. The molecule has 3 rings (SSSR count). The number of urea groups is 1. The van der Waals surface area contributed by atoms with Gasteiger partial charge in [-0.2, -0.15) is 0 Å². The van der Waals surface area contributed by atoms with E-state index < -0.39 is 36.7 Å². The Kier molecular flexibility index (Phi) is 3.68. The number of aliphatic hydroxyl groups excluding tert-OH is 2. The van der Waals surface area contributed by atoms with Crippen molar-refractivity contribution >= 4 is 11.8 Å². The fourth-order valence-electron chi connectivity index (χ4n) is 3.03. The van der Waals surface area contributed by atoms with E-state index in [-0.39, 0.29) is 12.1 Å². The molecule has 0 saturated carbocycles. The van der Waals surface area contributed by atoms with Gasteiger partial charge in [-0.05, 0) is 13.0 Å². The largest absolute Gasteiger partial charge is 0.394 e. The minimum absolute atomic E-state index is 0.0982. The molecule has 2 amide bonds. The van der Waals surface area contributed by atoms with Crippen LogP contribution in [0.3, 0.4) is 0 Å². The predicted molar refractivity (Wildman–Crippen MR) is 78.6 cm³/mol. The summed E-state index contributed by atoms with van der Waals surface area (Å²) in [5, 5.41) is 32.3. The van der Waals surface area contributed by atoms with Crippen LogP contribution in [0.2, 0.25) is 0 Å². The Labute approximate surface area is 131 Å². The Morgan fingerprint density at radius 1 is 1.43 bits per heavy atom. The summed E-state index contributed by atoms with van der Waals surface area (Å²) >= 11 is 0. The number of carbonyl (C=O) groups is 1. The maximum atomic E-state index is 12.4. The highest BCUT2D eigenvalue weighted by molar-refractivity contribution is 5.91. The molecule has 3 heterocycles. The number of nitrogens with zero attached hydrogens (tertiary/aromatic N) is 2. The highest BCUT2D eigenvalue weighted by Gasteiger charge is 2.55. The summed E-state index contributed by atoms with van der Waals surface area (Å²) in [5.41, 5.74) is -1.31. The molecule has 4 atom stereocenters. The Morgan fingerprint density at radius 3 is 2.74 bits per heavy atom. The van der Waals surface area contributed by atoms with Crippen molar-refractivity contribution in [3.63, 3.8) is 0 Å². The van der Waals surface area contributed by atoms with Crippen LogP contribution < -0.4 is 10.9 Å². The monoisotopic (exact) mass is 325 g/mol. The van der Waals surface area contributed by atoms with Gasteiger partial charge in [0.1, 0.15) is 23.6 Å². The van der Waals surface area contributed by atoms with Crippen molar-refractivity contribution in [3.05, 3.63) is 28.0 Å². The summed E-state index contributed by atoms with van der Waals surface area (Å²) in [6.45, 7) is 0.969. The van der Waals surface area contributed by atoms with Crippen molar-refractivity contribution in [1.82, 2.24) is 9.47 Å². The number of hydrogen-bond acceptors (Lipinski definition) is 6. The summed E-state index contributed by atoms with van der Waals surface area (Å²) in [4.78, 5) is 25.2. The van der Waals surface area contributed by atoms with Gasteiger partial charge in [0.25, 0.3) is 5.56 Å². The maximum Gasteiger partial charge on any atom is 0.325 e. The van der Waals surface area contributed by atoms with Gasteiger partial charge >= 0.3 is 6.03 Å². The summed E-state index contributed by atoms with van der Waals surface area (Å²) in [5.74, 6) is 0.385. The van der Waals surface area contributed by atoms with Crippen molar-refractivity contribution in [2.24, 2.45) is 7.05 Å². The minimum Gasteiger partial charge on any atom is -0.394 e. The molecule has 1 unspecified atom stereocenters. The van der Waals surface area contributed by atoms with Crippen LogP contribution in [0, 0.1) is 0 Å². The van der Waals surface area contributed by atoms with E-state index in [0.717, 1.165) is 0 Å². The highest BCUT2D eigenvalue weighted by Crippen LogP contribution is 2.35. The molecule has 1 saturated heterocycles. The first-order valence-electron chi connectivity index (χ1n) is 7.20. The number of carbonyl (C=O) groups excluding carboxylic acids is 1. The Morgan fingerprint density at radius 2 is 2.13 bits per heavy atom. The van der Waals surface area contributed by atoms with Crippen molar-refractivity contribution in [2.45, 2.75) is 37.5 Å². The topological polar surface area (TPSA) is 124 Å². The van der Waals surface area contributed by atoms with E-state index in [0.29, 0.717) is 11.4 Å². The third-order valence-corrected chi connectivity index (χ3v) is 4.44. The van der Waals surface area contributed by atoms with E-state index in [9.17, 15) is 24.9 Å². The van der Waals surface area contributed by atoms with Crippen LogP contribution in [0.15, 0.2) is 16.9 Å². The van der Waals surface area contributed by atoms with Gasteiger partial charge in [-0.25, -0.2) is 4.79 Å². The Balaban J connectivity index is 1.94. The fraction of sp³-hybridized carbons (Fsp3) is 0.571. The van der Waals surface area contributed by atoms with Gasteiger partial charge in [0, 0.05) is 18.7 Å². The van der Waals surface area contributed by atoms with Gasteiger partial charge in [-0.3, -0.25) is 19.6 Å². The van der Waals surface area contributed by atoms with E-state index in [1.165, 1.54) is 22.5 Å². The molecule has 2 aliphatic heterocycles. The van der Waals surface area contributed by atoms with Gasteiger partial charge in [-0.15, -0.1) is 0 Å². The third-order valence-electron chi connectivity index (χ3n) is 4.44. The molecular formula is C14H19N3O6. The van der Waals surface area contributed by atoms with E-state index in [4.69, 9.17) is 4.74 Å². The van der Waals surface area contributed by atoms with Crippen molar-refractivity contribution in [2.75, 3.05) is 11.9 Å². The number of rotatable bonds is 2. The zero-order valence-electron chi connectivity index (χ0n) is 12.8. The summed E-state index contributed by atoms with van der Waals surface area (Å²) < 4.78 is 6.79. The summed E-state index contributed by atoms with van der Waals surface area (Å²) in [7, 11) is 1.55. The first kappa shape index (κ1) is 15.9. The van der Waals surface area contributed by atoms with Crippen molar-refractivity contribution in [1.29, 1.82) is 0 Å². The molecule has 9 nitrogen and oxygen atoms in total. The lowest BCUT2D eigenvalue weighted by Gasteiger charge is -2.38. The number of anilines is 1. The Bertz CT molecular complexity index is 700. The van der Waals surface area contributed by atoms with Crippen LogP contribution in [0.5, 0.6) is 0 Å². The SMILES string of the molecule is Cn1c2c(ccc1=O)CN([C@@H]1OC(CO)[C@@H](O)[C@@]1(C)O)C(=O)N2. The second kappa shape index (κ2) is 5.31. The molecule has 1 aromatic rings. The minimum atomic E-state index is -1.73. The normalized spacial score (nSPS) is 33.5. The third kappa shape index (κ3) is 2.32. The van der Waals surface area contributed by atoms with Gasteiger partial charge in [-0.1, -0.05) is 0 Å². The number of pyridine rings is 1. The second-order valence-corrected chi connectivity index (χ2v) is 6.04. The average molecular weight is 325 g/mol. The molecule has 23 heavy (non-hydrogen) atoms. The predicted octanol–water partition coefficient (Wildman–Crippen LogP) is -1.44. The lowest BCUT2D eigenvalue weighted by Crippen LogP contribution is -2.57. The van der Waals surface area contributed by atoms with Crippen LogP contribution in [-0.2, 0) is 18.3 Å². The molecule has 4 N–H and O–H groups in total. The van der Waals surface area contributed by atoms with E-state index in [2.05, 4.69) is 5.32 Å². The van der Waals surface area contributed by atoms with Gasteiger partial charge in [0.2, 0.25) is 0 Å². The van der Waals surface area contributed by atoms with Crippen LogP contribution in [-0.4, -0.2) is 61.5 Å². The number of ether oxygens (including phenoxy) is 1. The summed E-state index contributed by atoms with van der Waals surface area (Å²) in [6.07, 6.45) is -3.43. The number of nitrogens with one attached hydrogen (secondary N) is 1. The van der Waals surface area contributed by atoms with Crippen molar-refractivity contribution in [3.8, 4) is 0 Å². The first-order chi connectivity index (χ1) is 10.8. The molecule has 0 spiro atoms. The molecule has 0 aromatic carbocycles. The zero-order valence-corrected chi connectivity index (χ0v) is 12.8. The van der Waals surface area contributed by atoms with Gasteiger partial charge in [0.05, 0.1) is 13.2 Å². The number of amides is 2. The molecule has 1 fully saturated rings. The summed E-state index contributed by atoms with van der Waals surface area (Å²) in [6, 6.07) is 2.41. The highest BCUT2D eigenvalue weighted by atomic mass is 16.6. The number of hydrogen-bond donors (Lipinski definition) is 4. The number of aliphatic hydroxyl groups is 3. The number of aromatic nitrogens is 1. The Hall–Kier alpha value is -1.94. The van der Waals surface area contributed by atoms with E-state index >= 15 is 0 Å². The lowest BCUT2D eigenvalue weighted by molar-refractivity contribution is -0.120. The standard InChI is InChI=1S/C14H19N3O6/c1-14(22)10(20)8(6-18)23-12(14)17-5-7-3-4-9(19)16(2)11(7)15-13(17)21/h3-4,8,10,12,18,20,22H,5-6H2,1-2H3,(H,15,21)/t8?,10-,12-,14-/m1/s1. The average Bonchev–Trinajstić information content (AvgIpc) is 2.74. The van der Waals surface area contributed by atoms with Crippen LogP contribution in [0.25, 0.3) is 0 Å². The molecule has 0 aliphatic carbocycles. The van der Waals surface area contributed by atoms with Crippen LogP contribution in [0.4, 0.5) is 10.6 Å². The maximum absolute atomic E-state index is 12.4. The molecular weight excluding hydrogens is 306 g/mol. The molecule has 1 aromatic heterocycles. The molecule has 2 aliphatic rings. The van der Waals surface area contributed by atoms with Crippen molar-refractivity contribution < 1.29 is 24.9 Å². The van der Waals surface area contributed by atoms with E-state index in [1.807, 2.05) is 0 Å². The quantitative estimate of drug-likeness (QED) is 0.528. The fourth-order valence-corrected chi connectivity index (χ4v) is 3.03. The zero-order chi connectivity index (χ0) is 16.9. The first-order valence-corrected chi connectivity index (χ1v) is 7.20. The molecule has 0 radical (unpaired) electrons. The van der Waals surface area contributed by atoms with Gasteiger partial charge in [0.15, 0.2) is 6.23 Å². The second-order valence-electron chi connectivity index (χ2n) is 6.04. The molecule has 9 heteroatoms. The van der Waals surface area contributed by atoms with Crippen LogP contribution in [0.1, 0.15) is 12.5 Å². The molecule has 126 valence electrons. The lowest BCUT2D eigenvalue weighted by atomic mass is 9.95. The van der Waals surface area contributed by atoms with E-state index in [1.54, 1.807) is 13.1 Å². The molecule has 0 bridgehead atoms. The number of fused-ring (bicyclic) bond motifs is 1. The van der Waals surface area contributed by atoms with Gasteiger partial charge < -0.3 is 20.1 Å².